The van der Waals surface area contributed by atoms with E-state index in [4.69, 9.17) is 4.74 Å². The van der Waals surface area contributed by atoms with Gasteiger partial charge in [-0.1, -0.05) is 56.6 Å². The van der Waals surface area contributed by atoms with E-state index in [1.165, 1.54) is 11.1 Å². The normalized spacial score (nSPS) is 11.0. The van der Waals surface area contributed by atoms with Crippen LogP contribution < -0.4 is 0 Å². The van der Waals surface area contributed by atoms with E-state index in [1.807, 2.05) is 18.2 Å². The predicted octanol–water partition coefficient (Wildman–Crippen LogP) is 4.25. The van der Waals surface area contributed by atoms with Crippen molar-refractivity contribution < 1.29 is 4.74 Å². The molecule has 0 bridgehead atoms. The molecular weight excluding hydrogens is 224 g/mol. The van der Waals surface area contributed by atoms with E-state index < -0.39 is 8.07 Å². The van der Waals surface area contributed by atoms with E-state index >= 15 is 0 Å². The van der Waals surface area contributed by atoms with Crippen LogP contribution in [-0.4, -0.2) is 14.7 Å². The fraction of sp³-hybridized carbons (Fsp3) is 0.400. The monoisotopic (exact) mass is 246 g/mol. The predicted molar refractivity (Wildman–Crippen MR) is 76.9 cm³/mol. The first-order chi connectivity index (χ1) is 8.01. The van der Waals surface area contributed by atoms with E-state index in [0.717, 1.165) is 6.04 Å². The molecule has 0 atom stereocenters. The van der Waals surface area contributed by atoms with E-state index in [1.54, 1.807) is 0 Å². The highest BCUT2D eigenvalue weighted by molar-refractivity contribution is 6.76. The largest absolute Gasteiger partial charge is 0.372 e. The zero-order chi connectivity index (χ0) is 12.7. The summed E-state index contributed by atoms with van der Waals surface area (Å²) >= 11 is 0. The van der Waals surface area contributed by atoms with Gasteiger partial charge in [0.05, 0.1) is 13.2 Å². The van der Waals surface area contributed by atoms with Gasteiger partial charge in [-0.2, -0.15) is 0 Å². The van der Waals surface area contributed by atoms with E-state index in [2.05, 4.69) is 44.1 Å². The Morgan fingerprint density at radius 1 is 1.24 bits per heavy atom. The van der Waals surface area contributed by atoms with Crippen molar-refractivity contribution in [1.29, 1.82) is 0 Å². The Balaban J connectivity index is 2.38. The number of ether oxygens (including phenoxy) is 1. The molecule has 0 N–H and O–H groups in total. The van der Waals surface area contributed by atoms with Gasteiger partial charge in [-0.15, -0.1) is 5.73 Å². The molecule has 0 unspecified atom stereocenters. The summed E-state index contributed by atoms with van der Waals surface area (Å²) in [6.07, 6.45) is 0. The van der Waals surface area contributed by atoms with Crippen molar-refractivity contribution in [2.75, 3.05) is 6.61 Å². The average molecular weight is 246 g/mol. The Kier molecular flexibility index (Phi) is 5.43. The molecule has 0 aromatic heterocycles. The van der Waals surface area contributed by atoms with Gasteiger partial charge in [0, 0.05) is 8.07 Å². The van der Waals surface area contributed by atoms with Gasteiger partial charge in [0.2, 0.25) is 0 Å². The fourth-order valence-corrected chi connectivity index (χ4v) is 3.18. The van der Waals surface area contributed by atoms with Gasteiger partial charge in [-0.05, 0) is 17.2 Å². The van der Waals surface area contributed by atoms with Crippen LogP contribution in [0.5, 0.6) is 0 Å². The molecule has 0 spiro atoms. The lowest BCUT2D eigenvalue weighted by molar-refractivity contribution is 0.142. The number of rotatable bonds is 6. The highest BCUT2D eigenvalue weighted by atomic mass is 28.3. The molecule has 1 aromatic carbocycles. The van der Waals surface area contributed by atoms with Crippen molar-refractivity contribution in [3.8, 4) is 0 Å². The minimum absolute atomic E-state index is 0.655. The van der Waals surface area contributed by atoms with Gasteiger partial charge in [0.15, 0.2) is 0 Å². The van der Waals surface area contributed by atoms with Crippen molar-refractivity contribution in [2.24, 2.45) is 0 Å². The zero-order valence-corrected chi connectivity index (χ0v) is 12.1. The molecule has 92 valence electrons. The van der Waals surface area contributed by atoms with Gasteiger partial charge in [0.25, 0.3) is 0 Å². The zero-order valence-electron chi connectivity index (χ0n) is 11.1. The van der Waals surface area contributed by atoms with E-state index in [0.29, 0.717) is 13.2 Å². The van der Waals surface area contributed by atoms with Crippen molar-refractivity contribution in [3.05, 3.63) is 53.8 Å². The second-order valence-corrected chi connectivity index (χ2v) is 11.0. The number of hydrogen-bond donors (Lipinski definition) is 0. The molecule has 0 amide bonds. The number of benzene rings is 1. The summed E-state index contributed by atoms with van der Waals surface area (Å²) in [5, 5.41) is 0. The quantitative estimate of drug-likeness (QED) is 0.538. The first kappa shape index (κ1) is 14.0. The smallest absolute Gasteiger partial charge is 0.0752 e. The lowest BCUT2D eigenvalue weighted by Crippen LogP contribution is -2.21. The SMILES string of the molecule is C=C=C(COCc1ccccc1)C[Si](C)(C)C. The standard InChI is InChI=1S/C15H22OSi/c1-5-14(13-17(2,3)4)11-16-12-15-9-7-6-8-10-15/h6-10H,1,11-13H2,2-4H3. The van der Waals surface area contributed by atoms with Gasteiger partial charge < -0.3 is 4.74 Å². The van der Waals surface area contributed by atoms with Crippen LogP contribution in [-0.2, 0) is 11.3 Å². The third kappa shape index (κ3) is 6.27. The van der Waals surface area contributed by atoms with E-state index in [-0.39, 0.29) is 0 Å². The summed E-state index contributed by atoms with van der Waals surface area (Å²) in [6, 6.07) is 11.4. The molecule has 0 saturated heterocycles. The topological polar surface area (TPSA) is 9.23 Å². The first-order valence-corrected chi connectivity index (χ1v) is 9.71. The van der Waals surface area contributed by atoms with Crippen molar-refractivity contribution in [3.63, 3.8) is 0 Å². The third-order valence-corrected chi connectivity index (χ3v) is 3.87. The molecule has 0 aliphatic carbocycles. The highest BCUT2D eigenvalue weighted by Gasteiger charge is 2.15. The maximum Gasteiger partial charge on any atom is 0.0752 e. The number of hydrogen-bond acceptors (Lipinski definition) is 1. The Hall–Kier alpha value is -1.08. The molecule has 1 rings (SSSR count). The minimum atomic E-state index is -1.09. The lowest BCUT2D eigenvalue weighted by Gasteiger charge is -2.17. The summed E-state index contributed by atoms with van der Waals surface area (Å²) in [4.78, 5) is 0. The lowest BCUT2D eigenvalue weighted by atomic mass is 10.2. The second-order valence-electron chi connectivity index (χ2n) is 5.50. The first-order valence-electron chi connectivity index (χ1n) is 6.01. The minimum Gasteiger partial charge on any atom is -0.372 e. The molecular formula is C15H22OSi. The molecule has 1 nitrogen and oxygen atoms in total. The fourth-order valence-electron chi connectivity index (χ4n) is 1.67. The molecule has 0 aliphatic rings. The average Bonchev–Trinajstić information content (AvgIpc) is 2.27. The van der Waals surface area contributed by atoms with Crippen LogP contribution in [0, 0.1) is 0 Å². The Bertz CT molecular complexity index is 383. The molecule has 0 aliphatic heterocycles. The molecule has 0 saturated carbocycles. The van der Waals surface area contributed by atoms with Crippen LogP contribution in [0.2, 0.25) is 25.7 Å². The second kappa shape index (κ2) is 6.60. The molecule has 17 heavy (non-hydrogen) atoms. The maximum atomic E-state index is 5.70. The third-order valence-electron chi connectivity index (χ3n) is 2.38. The van der Waals surface area contributed by atoms with Gasteiger partial charge in [-0.25, -0.2) is 0 Å². The summed E-state index contributed by atoms with van der Waals surface area (Å²) < 4.78 is 5.70. The van der Waals surface area contributed by atoms with Crippen molar-refractivity contribution in [1.82, 2.24) is 0 Å². The van der Waals surface area contributed by atoms with Crippen LogP contribution in [0.25, 0.3) is 0 Å². The van der Waals surface area contributed by atoms with Crippen LogP contribution in [0.3, 0.4) is 0 Å². The van der Waals surface area contributed by atoms with Crippen LogP contribution >= 0.6 is 0 Å². The summed E-state index contributed by atoms with van der Waals surface area (Å²) in [6.45, 7) is 12.1. The summed E-state index contributed by atoms with van der Waals surface area (Å²) in [7, 11) is -1.09. The Labute approximate surface area is 106 Å². The van der Waals surface area contributed by atoms with Gasteiger partial charge in [-0.3, -0.25) is 0 Å². The molecule has 0 radical (unpaired) electrons. The van der Waals surface area contributed by atoms with Crippen LogP contribution in [0.4, 0.5) is 0 Å². The summed E-state index contributed by atoms with van der Waals surface area (Å²) in [5.41, 5.74) is 5.44. The van der Waals surface area contributed by atoms with Crippen molar-refractivity contribution in [2.45, 2.75) is 32.3 Å². The van der Waals surface area contributed by atoms with Crippen LogP contribution in [0.15, 0.2) is 48.2 Å². The van der Waals surface area contributed by atoms with Gasteiger partial charge >= 0.3 is 0 Å². The van der Waals surface area contributed by atoms with Gasteiger partial charge in [0.1, 0.15) is 0 Å². The maximum absolute atomic E-state index is 5.70. The molecule has 2 heteroatoms. The molecule has 1 aromatic rings. The van der Waals surface area contributed by atoms with E-state index in [9.17, 15) is 0 Å². The van der Waals surface area contributed by atoms with Crippen molar-refractivity contribution >= 4 is 8.07 Å². The Morgan fingerprint density at radius 3 is 2.41 bits per heavy atom. The Morgan fingerprint density at radius 2 is 1.88 bits per heavy atom. The molecule has 0 fully saturated rings. The molecule has 0 heterocycles. The highest BCUT2D eigenvalue weighted by Crippen LogP contribution is 2.16. The summed E-state index contributed by atoms with van der Waals surface area (Å²) in [5.74, 6) is 0. The van der Waals surface area contributed by atoms with Crippen LogP contribution in [0.1, 0.15) is 5.56 Å².